The van der Waals surface area contributed by atoms with Crippen LogP contribution in [-0.2, 0) is 11.2 Å². The van der Waals surface area contributed by atoms with Crippen molar-refractivity contribution in [1.29, 1.82) is 0 Å². The fraction of sp³-hybridized carbons (Fsp3) is 0.500. The number of hydrogen-bond acceptors (Lipinski definition) is 3. The average Bonchev–Trinajstić information content (AvgIpc) is 2.49. The van der Waals surface area contributed by atoms with Gasteiger partial charge in [-0.05, 0) is 37.5 Å². The molecule has 1 aromatic carbocycles. The first-order valence-corrected chi connectivity index (χ1v) is 7.65. The summed E-state index contributed by atoms with van der Waals surface area (Å²) in [7, 11) is 0. The van der Waals surface area contributed by atoms with Gasteiger partial charge in [-0.3, -0.25) is 4.79 Å². The van der Waals surface area contributed by atoms with Crippen LogP contribution in [0.5, 0.6) is 0 Å². The van der Waals surface area contributed by atoms with Gasteiger partial charge in [0.25, 0.3) is 0 Å². The zero-order valence-electron chi connectivity index (χ0n) is 12.6. The predicted octanol–water partition coefficient (Wildman–Crippen LogP) is 3.95. The van der Waals surface area contributed by atoms with Gasteiger partial charge in [-0.25, -0.2) is 4.79 Å². The van der Waals surface area contributed by atoms with Gasteiger partial charge in [-0.2, -0.15) is 0 Å². The van der Waals surface area contributed by atoms with Crippen LogP contribution in [0.1, 0.15) is 42.6 Å². The summed E-state index contributed by atoms with van der Waals surface area (Å²) in [5, 5.41) is 0.445. The molecule has 0 aliphatic heterocycles. The van der Waals surface area contributed by atoms with E-state index in [9.17, 15) is 9.59 Å². The molecule has 0 spiro atoms. The molecule has 5 heteroatoms. The Balaban J connectivity index is 2.54. The number of hydrogen-bond donors (Lipinski definition) is 0. The smallest absolute Gasteiger partial charge is 0.409 e. The number of carbonyl (C=O) groups is 2. The van der Waals surface area contributed by atoms with Crippen molar-refractivity contribution in [3.8, 4) is 0 Å². The third-order valence-corrected chi connectivity index (χ3v) is 3.57. The zero-order valence-corrected chi connectivity index (χ0v) is 13.4. The lowest BCUT2D eigenvalue weighted by Crippen LogP contribution is -2.33. The van der Waals surface area contributed by atoms with E-state index in [1.54, 1.807) is 17.0 Å². The van der Waals surface area contributed by atoms with Crippen molar-refractivity contribution in [1.82, 2.24) is 4.90 Å². The molecule has 0 aliphatic rings. The fourth-order valence-corrected chi connectivity index (χ4v) is 2.04. The summed E-state index contributed by atoms with van der Waals surface area (Å²) in [6.45, 7) is 5.58. The normalized spacial score (nSPS) is 10.2. The lowest BCUT2D eigenvalue weighted by Gasteiger charge is -2.20. The highest BCUT2D eigenvalue weighted by Gasteiger charge is 2.13. The van der Waals surface area contributed by atoms with Gasteiger partial charge >= 0.3 is 6.09 Å². The third kappa shape index (κ3) is 5.76. The number of halogens is 1. The Morgan fingerprint density at radius 2 is 2.14 bits per heavy atom. The molecule has 0 atom stereocenters. The van der Waals surface area contributed by atoms with E-state index in [2.05, 4.69) is 6.92 Å². The molecule has 0 fully saturated rings. The largest absolute Gasteiger partial charge is 0.449 e. The Bertz CT molecular complexity index is 477. The van der Waals surface area contributed by atoms with Gasteiger partial charge in [0.2, 0.25) is 0 Å². The number of amides is 1. The quantitative estimate of drug-likeness (QED) is 0.539. The maximum atomic E-state index is 11.9. The zero-order chi connectivity index (χ0) is 15.7. The Labute approximate surface area is 131 Å². The standard InChI is InChI=1S/C16H22ClNO3/c1-3-5-10-21-16(20)18(4-2)9-8-13-6-7-15(17)14(11-13)12-19/h6-7,11-12H,3-5,8-10H2,1-2H3. The number of carbonyl (C=O) groups excluding carboxylic acids is 2. The van der Waals surface area contributed by atoms with Crippen LogP contribution < -0.4 is 0 Å². The maximum Gasteiger partial charge on any atom is 0.409 e. The minimum atomic E-state index is -0.282. The van der Waals surface area contributed by atoms with Gasteiger partial charge < -0.3 is 9.64 Å². The highest BCUT2D eigenvalue weighted by Crippen LogP contribution is 2.16. The first-order valence-electron chi connectivity index (χ1n) is 7.27. The van der Waals surface area contributed by atoms with Crippen molar-refractivity contribution in [2.24, 2.45) is 0 Å². The number of nitrogens with zero attached hydrogens (tertiary/aromatic N) is 1. The second kappa shape index (κ2) is 9.40. The second-order valence-electron chi connectivity index (χ2n) is 4.77. The van der Waals surface area contributed by atoms with Gasteiger partial charge in [0.1, 0.15) is 0 Å². The monoisotopic (exact) mass is 311 g/mol. The first kappa shape index (κ1) is 17.5. The van der Waals surface area contributed by atoms with Crippen molar-refractivity contribution in [3.05, 3.63) is 34.3 Å². The summed E-state index contributed by atoms with van der Waals surface area (Å²) in [6.07, 6.45) is 2.99. The lowest BCUT2D eigenvalue weighted by molar-refractivity contribution is 0.103. The number of benzene rings is 1. The molecule has 0 radical (unpaired) electrons. The number of aldehydes is 1. The van der Waals surface area contributed by atoms with Crippen molar-refractivity contribution in [2.45, 2.75) is 33.1 Å². The summed E-state index contributed by atoms with van der Waals surface area (Å²) in [6, 6.07) is 5.33. The van der Waals surface area contributed by atoms with E-state index in [4.69, 9.17) is 16.3 Å². The van der Waals surface area contributed by atoms with Crippen molar-refractivity contribution in [2.75, 3.05) is 19.7 Å². The van der Waals surface area contributed by atoms with E-state index in [-0.39, 0.29) is 6.09 Å². The topological polar surface area (TPSA) is 46.6 Å². The molecular formula is C16H22ClNO3. The van der Waals surface area contributed by atoms with Crippen molar-refractivity contribution >= 4 is 24.0 Å². The average molecular weight is 312 g/mol. The van der Waals surface area contributed by atoms with Crippen LogP contribution in [0.15, 0.2) is 18.2 Å². The van der Waals surface area contributed by atoms with E-state index >= 15 is 0 Å². The summed E-state index contributed by atoms with van der Waals surface area (Å²) < 4.78 is 5.20. The number of likely N-dealkylation sites (N-methyl/N-ethyl adjacent to an activating group) is 1. The van der Waals surface area contributed by atoms with Gasteiger partial charge in [-0.1, -0.05) is 31.0 Å². The van der Waals surface area contributed by atoms with E-state index in [1.807, 2.05) is 13.0 Å². The Hall–Kier alpha value is -1.55. The lowest BCUT2D eigenvalue weighted by atomic mass is 10.1. The first-order chi connectivity index (χ1) is 10.1. The molecule has 0 bridgehead atoms. The molecule has 4 nitrogen and oxygen atoms in total. The van der Waals surface area contributed by atoms with Gasteiger partial charge in [0.15, 0.2) is 6.29 Å². The molecule has 0 N–H and O–H groups in total. The minimum Gasteiger partial charge on any atom is -0.449 e. The summed E-state index contributed by atoms with van der Waals surface area (Å²) in [5.74, 6) is 0. The van der Waals surface area contributed by atoms with Gasteiger partial charge in [0, 0.05) is 18.7 Å². The van der Waals surface area contributed by atoms with Gasteiger partial charge in [0.05, 0.1) is 11.6 Å². The van der Waals surface area contributed by atoms with Gasteiger partial charge in [-0.15, -0.1) is 0 Å². The third-order valence-electron chi connectivity index (χ3n) is 3.22. The highest BCUT2D eigenvalue weighted by molar-refractivity contribution is 6.32. The number of ether oxygens (including phenoxy) is 1. The number of rotatable bonds is 8. The molecule has 1 amide bonds. The van der Waals surface area contributed by atoms with Crippen molar-refractivity contribution < 1.29 is 14.3 Å². The predicted molar refractivity (Wildman–Crippen MR) is 84.0 cm³/mol. The SMILES string of the molecule is CCCCOC(=O)N(CC)CCc1ccc(Cl)c(C=O)c1. The molecular weight excluding hydrogens is 290 g/mol. The molecule has 0 saturated heterocycles. The van der Waals surface area contributed by atoms with Crippen LogP contribution in [0.4, 0.5) is 4.79 Å². The van der Waals surface area contributed by atoms with Crippen LogP contribution in [0, 0.1) is 0 Å². The van der Waals surface area contributed by atoms with E-state index < -0.39 is 0 Å². The van der Waals surface area contributed by atoms with Crippen LogP contribution in [0.3, 0.4) is 0 Å². The van der Waals surface area contributed by atoms with Crippen LogP contribution in [-0.4, -0.2) is 37.0 Å². The fourth-order valence-electron chi connectivity index (χ4n) is 1.88. The molecule has 1 rings (SSSR count). The summed E-state index contributed by atoms with van der Waals surface area (Å²) in [5.41, 5.74) is 1.45. The maximum absolute atomic E-state index is 11.9. The Kier molecular flexibility index (Phi) is 7.83. The van der Waals surface area contributed by atoms with Crippen LogP contribution >= 0.6 is 11.6 Å². The summed E-state index contributed by atoms with van der Waals surface area (Å²) >= 11 is 5.89. The van der Waals surface area contributed by atoms with Crippen molar-refractivity contribution in [3.63, 3.8) is 0 Å². The number of unbranched alkanes of at least 4 members (excludes halogenated alkanes) is 1. The molecule has 21 heavy (non-hydrogen) atoms. The molecule has 0 unspecified atom stereocenters. The molecule has 0 heterocycles. The second-order valence-corrected chi connectivity index (χ2v) is 5.18. The molecule has 0 aromatic heterocycles. The van der Waals surface area contributed by atoms with E-state index in [0.29, 0.717) is 36.7 Å². The molecule has 1 aromatic rings. The van der Waals surface area contributed by atoms with Crippen LogP contribution in [0.2, 0.25) is 5.02 Å². The Morgan fingerprint density at radius 1 is 1.38 bits per heavy atom. The molecule has 0 aliphatic carbocycles. The van der Waals surface area contributed by atoms with E-state index in [0.717, 1.165) is 24.7 Å². The highest BCUT2D eigenvalue weighted by atomic mass is 35.5. The molecule has 116 valence electrons. The van der Waals surface area contributed by atoms with E-state index in [1.165, 1.54) is 0 Å². The summed E-state index contributed by atoms with van der Waals surface area (Å²) in [4.78, 5) is 24.4. The Morgan fingerprint density at radius 3 is 2.76 bits per heavy atom. The minimum absolute atomic E-state index is 0.282. The molecule has 0 saturated carbocycles. The van der Waals surface area contributed by atoms with Crippen LogP contribution in [0.25, 0.3) is 0 Å².